The van der Waals surface area contributed by atoms with E-state index in [4.69, 9.17) is 4.74 Å². The maximum atomic E-state index is 14.3. The van der Waals surface area contributed by atoms with Crippen molar-refractivity contribution in [2.45, 2.75) is 26.6 Å². The van der Waals surface area contributed by atoms with Gasteiger partial charge in [-0.3, -0.25) is 4.98 Å². The molecule has 0 aliphatic heterocycles. The van der Waals surface area contributed by atoms with Gasteiger partial charge in [-0.05, 0) is 36.8 Å². The molecule has 0 unspecified atom stereocenters. The van der Waals surface area contributed by atoms with E-state index in [1.54, 1.807) is 18.5 Å². The zero-order valence-corrected chi connectivity index (χ0v) is 16.4. The second-order valence-electron chi connectivity index (χ2n) is 6.66. The highest BCUT2D eigenvalue weighted by atomic mass is 19.1. The third-order valence-electron chi connectivity index (χ3n) is 4.63. The number of anilines is 1. The number of hydrogen-bond donors (Lipinski definition) is 1. The van der Waals surface area contributed by atoms with Crippen LogP contribution < -0.4 is 15.0 Å². The number of nitrogens with zero attached hydrogens (tertiary/aromatic N) is 2. The van der Waals surface area contributed by atoms with E-state index in [9.17, 15) is 4.39 Å². The van der Waals surface area contributed by atoms with E-state index < -0.39 is 0 Å². The van der Waals surface area contributed by atoms with E-state index in [1.807, 2.05) is 67.4 Å². The standard InChI is InChI=1S/C23H26FN3O/c1-3-27(2)22-11-10-18(13-21(22)24)14-26-16-20-8-4-5-9-23(20)28-17-19-7-6-12-25-15-19/h4-13,15,26H,3,14,16-17H2,1-2H3. The van der Waals surface area contributed by atoms with Crippen LogP contribution in [0.25, 0.3) is 0 Å². The van der Waals surface area contributed by atoms with Crippen LogP contribution in [0.5, 0.6) is 5.75 Å². The molecule has 0 amide bonds. The van der Waals surface area contributed by atoms with Crippen LogP contribution in [0.2, 0.25) is 0 Å². The molecule has 3 rings (SSSR count). The van der Waals surface area contributed by atoms with Crippen molar-refractivity contribution < 1.29 is 9.13 Å². The fraction of sp³-hybridized carbons (Fsp3) is 0.261. The van der Waals surface area contributed by atoms with Crippen molar-refractivity contribution in [1.29, 1.82) is 0 Å². The van der Waals surface area contributed by atoms with Crippen LogP contribution >= 0.6 is 0 Å². The molecule has 0 spiro atoms. The van der Waals surface area contributed by atoms with Crippen LogP contribution in [0, 0.1) is 5.82 Å². The first-order valence-electron chi connectivity index (χ1n) is 9.47. The predicted octanol–water partition coefficient (Wildman–Crippen LogP) is 4.55. The van der Waals surface area contributed by atoms with Crippen LogP contribution in [0.1, 0.15) is 23.6 Å². The lowest BCUT2D eigenvalue weighted by molar-refractivity contribution is 0.301. The molecular formula is C23H26FN3O. The van der Waals surface area contributed by atoms with Crippen molar-refractivity contribution in [2.24, 2.45) is 0 Å². The molecule has 0 aliphatic carbocycles. The molecule has 1 heterocycles. The van der Waals surface area contributed by atoms with Gasteiger partial charge in [-0.15, -0.1) is 0 Å². The summed E-state index contributed by atoms with van der Waals surface area (Å²) >= 11 is 0. The molecule has 1 aromatic heterocycles. The number of hydrogen-bond acceptors (Lipinski definition) is 4. The summed E-state index contributed by atoms with van der Waals surface area (Å²) in [4.78, 5) is 6.00. The van der Waals surface area contributed by atoms with Crippen molar-refractivity contribution in [2.75, 3.05) is 18.5 Å². The Morgan fingerprint density at radius 3 is 2.64 bits per heavy atom. The van der Waals surface area contributed by atoms with Crippen molar-refractivity contribution in [3.05, 3.63) is 89.5 Å². The fourth-order valence-corrected chi connectivity index (χ4v) is 2.92. The number of rotatable bonds is 9. The summed E-state index contributed by atoms with van der Waals surface area (Å²) in [7, 11) is 1.89. The summed E-state index contributed by atoms with van der Waals surface area (Å²) < 4.78 is 20.2. The first-order chi connectivity index (χ1) is 13.7. The molecule has 0 radical (unpaired) electrons. The Balaban J connectivity index is 1.57. The van der Waals surface area contributed by atoms with E-state index in [0.717, 1.165) is 29.0 Å². The van der Waals surface area contributed by atoms with E-state index in [2.05, 4.69) is 10.3 Å². The fourth-order valence-electron chi connectivity index (χ4n) is 2.92. The molecule has 3 aromatic rings. The second-order valence-corrected chi connectivity index (χ2v) is 6.66. The monoisotopic (exact) mass is 379 g/mol. The maximum absolute atomic E-state index is 14.3. The average Bonchev–Trinajstić information content (AvgIpc) is 2.73. The lowest BCUT2D eigenvalue weighted by atomic mass is 10.1. The van der Waals surface area contributed by atoms with Gasteiger partial charge in [0.1, 0.15) is 18.2 Å². The minimum Gasteiger partial charge on any atom is -0.489 e. The van der Waals surface area contributed by atoms with Gasteiger partial charge in [-0.25, -0.2) is 4.39 Å². The summed E-state index contributed by atoms with van der Waals surface area (Å²) in [5.74, 6) is 0.647. The molecule has 28 heavy (non-hydrogen) atoms. The molecule has 146 valence electrons. The second kappa shape index (κ2) is 9.85. The molecule has 0 aliphatic rings. The van der Waals surface area contributed by atoms with E-state index in [0.29, 0.717) is 25.4 Å². The number of ether oxygens (including phenoxy) is 1. The summed E-state index contributed by atoms with van der Waals surface area (Å²) in [6, 6.07) is 17.2. The number of para-hydroxylation sites is 1. The molecule has 0 fully saturated rings. The molecule has 0 saturated carbocycles. The number of nitrogens with one attached hydrogen (secondary N) is 1. The number of aromatic nitrogens is 1. The van der Waals surface area contributed by atoms with Gasteiger partial charge in [0.05, 0.1) is 5.69 Å². The molecule has 0 saturated heterocycles. The number of halogens is 1. The van der Waals surface area contributed by atoms with Crippen LogP contribution in [-0.4, -0.2) is 18.6 Å². The van der Waals surface area contributed by atoms with Crippen LogP contribution in [-0.2, 0) is 19.7 Å². The van der Waals surface area contributed by atoms with Crippen molar-refractivity contribution in [3.63, 3.8) is 0 Å². The van der Waals surface area contributed by atoms with Gasteiger partial charge < -0.3 is 15.0 Å². The van der Waals surface area contributed by atoms with Gasteiger partial charge in [0.2, 0.25) is 0 Å². The van der Waals surface area contributed by atoms with E-state index in [1.165, 1.54) is 0 Å². The third-order valence-corrected chi connectivity index (χ3v) is 4.63. The lowest BCUT2D eigenvalue weighted by Gasteiger charge is -2.18. The highest BCUT2D eigenvalue weighted by Gasteiger charge is 2.08. The Hall–Kier alpha value is -2.92. The maximum Gasteiger partial charge on any atom is 0.146 e. The molecule has 0 atom stereocenters. The Morgan fingerprint density at radius 1 is 1.04 bits per heavy atom. The third kappa shape index (κ3) is 5.30. The van der Waals surface area contributed by atoms with E-state index in [-0.39, 0.29) is 5.82 Å². The van der Waals surface area contributed by atoms with Crippen molar-refractivity contribution in [3.8, 4) is 5.75 Å². The normalized spacial score (nSPS) is 10.7. The quantitative estimate of drug-likeness (QED) is 0.592. The number of benzene rings is 2. The minimum absolute atomic E-state index is 0.191. The summed E-state index contributed by atoms with van der Waals surface area (Å²) in [6.45, 7) is 4.47. The number of pyridine rings is 1. The summed E-state index contributed by atoms with van der Waals surface area (Å²) in [6.07, 6.45) is 3.55. The van der Waals surface area contributed by atoms with Crippen molar-refractivity contribution >= 4 is 5.69 Å². The van der Waals surface area contributed by atoms with Gasteiger partial charge in [-0.2, -0.15) is 0 Å². The molecule has 2 aromatic carbocycles. The average molecular weight is 379 g/mol. The molecular weight excluding hydrogens is 353 g/mol. The van der Waals surface area contributed by atoms with Gasteiger partial charge in [0, 0.05) is 50.2 Å². The Labute approximate surface area is 166 Å². The first-order valence-corrected chi connectivity index (χ1v) is 9.47. The highest BCUT2D eigenvalue weighted by molar-refractivity contribution is 5.48. The van der Waals surface area contributed by atoms with Gasteiger partial charge in [-0.1, -0.05) is 30.3 Å². The van der Waals surface area contributed by atoms with Crippen LogP contribution in [0.3, 0.4) is 0 Å². The van der Waals surface area contributed by atoms with Gasteiger partial charge >= 0.3 is 0 Å². The molecule has 1 N–H and O–H groups in total. The Bertz CT molecular complexity index is 886. The topological polar surface area (TPSA) is 37.4 Å². The SMILES string of the molecule is CCN(C)c1ccc(CNCc2ccccc2OCc2cccnc2)cc1F. The van der Waals surface area contributed by atoms with Gasteiger partial charge in [0.25, 0.3) is 0 Å². The van der Waals surface area contributed by atoms with Crippen LogP contribution in [0.4, 0.5) is 10.1 Å². The Kier molecular flexibility index (Phi) is 6.98. The predicted molar refractivity (Wildman–Crippen MR) is 111 cm³/mol. The molecule has 5 heteroatoms. The van der Waals surface area contributed by atoms with Crippen LogP contribution in [0.15, 0.2) is 67.0 Å². The van der Waals surface area contributed by atoms with E-state index >= 15 is 0 Å². The first kappa shape index (κ1) is 19.8. The molecule has 4 nitrogen and oxygen atoms in total. The van der Waals surface area contributed by atoms with Crippen molar-refractivity contribution in [1.82, 2.24) is 10.3 Å². The summed E-state index contributed by atoms with van der Waals surface area (Å²) in [5, 5.41) is 3.37. The van der Waals surface area contributed by atoms with Gasteiger partial charge in [0.15, 0.2) is 0 Å². The summed E-state index contributed by atoms with van der Waals surface area (Å²) in [5.41, 5.74) is 3.63. The zero-order chi connectivity index (χ0) is 19.8. The smallest absolute Gasteiger partial charge is 0.146 e. The largest absolute Gasteiger partial charge is 0.489 e. The Morgan fingerprint density at radius 2 is 1.89 bits per heavy atom. The highest BCUT2D eigenvalue weighted by Crippen LogP contribution is 2.21. The minimum atomic E-state index is -0.191. The molecule has 0 bridgehead atoms. The zero-order valence-electron chi connectivity index (χ0n) is 16.4. The lowest BCUT2D eigenvalue weighted by Crippen LogP contribution is -2.18.